The predicted molar refractivity (Wildman–Crippen MR) is 193 cm³/mol. The zero-order chi connectivity index (χ0) is 37.0. The van der Waals surface area contributed by atoms with Gasteiger partial charge in [-0.2, -0.15) is 0 Å². The summed E-state index contributed by atoms with van der Waals surface area (Å²) in [7, 11) is -2.42. The molecule has 270 valence electrons. The van der Waals surface area contributed by atoms with Crippen LogP contribution < -0.4 is 30.9 Å². The fourth-order valence-corrected chi connectivity index (χ4v) is 5.54. The fourth-order valence-electron chi connectivity index (χ4n) is 5.05. The van der Waals surface area contributed by atoms with Gasteiger partial charge in [0.05, 0.1) is 18.0 Å². The van der Waals surface area contributed by atoms with Gasteiger partial charge in [-0.25, -0.2) is 8.42 Å². The number of nitrogens with zero attached hydrogens (tertiary/aromatic N) is 1. The largest absolute Gasteiger partial charge is 0.508 e. The van der Waals surface area contributed by atoms with Crippen LogP contribution in [0.3, 0.4) is 0 Å². The van der Waals surface area contributed by atoms with E-state index in [1.807, 2.05) is 44.2 Å². The highest BCUT2D eigenvalue weighted by Gasteiger charge is 2.27. The van der Waals surface area contributed by atoms with E-state index in [4.69, 9.17) is 0 Å². The van der Waals surface area contributed by atoms with Crippen LogP contribution in [0.5, 0.6) is 5.75 Å². The van der Waals surface area contributed by atoms with Crippen molar-refractivity contribution in [3.63, 3.8) is 0 Å². The lowest BCUT2D eigenvalue weighted by Crippen LogP contribution is -2.55. The maximum Gasteiger partial charge on any atom is 0.251 e. The van der Waals surface area contributed by atoms with Crippen molar-refractivity contribution in [2.24, 2.45) is 5.92 Å². The lowest BCUT2D eigenvalue weighted by molar-refractivity contribution is -0.130. The summed E-state index contributed by atoms with van der Waals surface area (Å²) >= 11 is 0. The SMILES string of the molecule is CCNC(=O)[C@@H](NC(=O)[C@H](C)NC[C@H](Cc1ccccc1)NC(=O)c1cc(C(=O)NCc2cccc(O)c2)cc(N(C)S(C)(=O)=O)c1)C(C)C. The van der Waals surface area contributed by atoms with E-state index in [1.54, 1.807) is 26.0 Å². The molecule has 0 aromatic heterocycles. The van der Waals surface area contributed by atoms with Gasteiger partial charge in [-0.3, -0.25) is 23.5 Å². The second-order valence-corrected chi connectivity index (χ2v) is 14.5. The molecule has 14 heteroatoms. The van der Waals surface area contributed by atoms with Crippen LogP contribution in [0.4, 0.5) is 5.69 Å². The smallest absolute Gasteiger partial charge is 0.251 e. The number of phenols is 1. The molecular formula is C36H48N6O7S. The number of amides is 4. The first kappa shape index (κ1) is 39.5. The molecule has 0 aliphatic rings. The van der Waals surface area contributed by atoms with Gasteiger partial charge in [0.2, 0.25) is 21.8 Å². The quantitative estimate of drug-likeness (QED) is 0.123. The fraction of sp³-hybridized carbons (Fsp3) is 0.389. The first-order chi connectivity index (χ1) is 23.6. The average molecular weight is 709 g/mol. The third kappa shape index (κ3) is 11.9. The number of hydrogen-bond donors (Lipinski definition) is 6. The van der Waals surface area contributed by atoms with Gasteiger partial charge in [0, 0.05) is 43.9 Å². The first-order valence-electron chi connectivity index (χ1n) is 16.4. The van der Waals surface area contributed by atoms with Gasteiger partial charge in [-0.15, -0.1) is 0 Å². The minimum Gasteiger partial charge on any atom is -0.508 e. The molecule has 0 fully saturated rings. The van der Waals surface area contributed by atoms with Gasteiger partial charge < -0.3 is 31.7 Å². The Bertz CT molecular complexity index is 1750. The lowest BCUT2D eigenvalue weighted by Gasteiger charge is -2.25. The molecule has 0 bridgehead atoms. The van der Waals surface area contributed by atoms with E-state index in [0.717, 1.165) is 16.1 Å². The summed E-state index contributed by atoms with van der Waals surface area (Å²) in [6, 6.07) is 18.0. The van der Waals surface area contributed by atoms with Crippen molar-refractivity contribution in [1.82, 2.24) is 26.6 Å². The molecule has 0 radical (unpaired) electrons. The summed E-state index contributed by atoms with van der Waals surface area (Å²) in [5, 5.41) is 24.2. The average Bonchev–Trinajstić information content (AvgIpc) is 3.07. The predicted octanol–water partition coefficient (Wildman–Crippen LogP) is 2.31. The number of nitrogens with one attached hydrogen (secondary N) is 5. The Balaban J connectivity index is 1.85. The van der Waals surface area contributed by atoms with Crippen molar-refractivity contribution in [3.8, 4) is 5.75 Å². The zero-order valence-electron chi connectivity index (χ0n) is 29.3. The van der Waals surface area contributed by atoms with Crippen LogP contribution in [0.1, 0.15) is 59.5 Å². The second kappa shape index (κ2) is 18.2. The van der Waals surface area contributed by atoms with E-state index in [-0.39, 0.29) is 53.4 Å². The molecule has 0 aliphatic carbocycles. The third-order valence-electron chi connectivity index (χ3n) is 7.99. The van der Waals surface area contributed by atoms with Crippen molar-refractivity contribution < 1.29 is 32.7 Å². The summed E-state index contributed by atoms with van der Waals surface area (Å²) in [5.41, 5.74) is 1.77. The second-order valence-electron chi connectivity index (χ2n) is 12.5. The number of carbonyl (C=O) groups is 4. The molecule has 6 N–H and O–H groups in total. The highest BCUT2D eigenvalue weighted by atomic mass is 32.2. The molecule has 3 aromatic rings. The van der Waals surface area contributed by atoms with Crippen molar-refractivity contribution in [2.75, 3.05) is 30.7 Å². The zero-order valence-corrected chi connectivity index (χ0v) is 30.1. The van der Waals surface area contributed by atoms with Gasteiger partial charge in [0.15, 0.2) is 0 Å². The van der Waals surface area contributed by atoms with Crippen LogP contribution in [0, 0.1) is 5.92 Å². The Morgan fingerprint density at radius 1 is 0.800 bits per heavy atom. The molecule has 0 spiro atoms. The lowest BCUT2D eigenvalue weighted by atomic mass is 10.0. The number of likely N-dealkylation sites (N-methyl/N-ethyl adjacent to an activating group) is 1. The van der Waals surface area contributed by atoms with Crippen molar-refractivity contribution in [2.45, 2.75) is 58.8 Å². The summed E-state index contributed by atoms with van der Waals surface area (Å²) in [6.07, 6.45) is 1.40. The van der Waals surface area contributed by atoms with Crippen LogP contribution in [-0.2, 0) is 32.6 Å². The standard InChI is InChI=1S/C36H48N6O7S/c1-7-37-36(47)32(23(2)3)41-33(44)24(4)38-22-29(16-25-12-9-8-10-13-25)40-35(46)28-18-27(19-30(20-28)42(5)50(6,48)49)34(45)39-21-26-14-11-15-31(43)17-26/h8-15,17-20,23-24,29,32,38,43H,7,16,21-22H2,1-6H3,(H,37,47)(H,39,45)(H,40,46)(H,41,44)/t24-,29-,32-/m0/s1. The van der Waals surface area contributed by atoms with Crippen molar-refractivity contribution in [1.29, 1.82) is 0 Å². The molecule has 0 saturated heterocycles. The molecule has 4 amide bonds. The van der Waals surface area contributed by atoms with E-state index < -0.39 is 40.0 Å². The molecule has 3 rings (SSSR count). The Kier molecular flexibility index (Phi) is 14.3. The number of aromatic hydroxyl groups is 1. The third-order valence-corrected chi connectivity index (χ3v) is 9.19. The Morgan fingerprint density at radius 3 is 2.04 bits per heavy atom. The molecule has 3 aromatic carbocycles. The van der Waals surface area contributed by atoms with Crippen LogP contribution in [0.2, 0.25) is 0 Å². The van der Waals surface area contributed by atoms with E-state index >= 15 is 0 Å². The molecule has 13 nitrogen and oxygen atoms in total. The Hall–Kier alpha value is -4.95. The molecule has 3 atom stereocenters. The Labute approximate surface area is 294 Å². The summed E-state index contributed by atoms with van der Waals surface area (Å²) in [6.45, 7) is 7.84. The number of rotatable bonds is 17. The highest BCUT2D eigenvalue weighted by Crippen LogP contribution is 2.21. The monoisotopic (exact) mass is 708 g/mol. The van der Waals surface area contributed by atoms with Gasteiger partial charge in [0.1, 0.15) is 11.8 Å². The van der Waals surface area contributed by atoms with Gasteiger partial charge in [-0.1, -0.05) is 56.3 Å². The van der Waals surface area contributed by atoms with Crippen LogP contribution in [0.25, 0.3) is 0 Å². The molecule has 0 heterocycles. The van der Waals surface area contributed by atoms with Crippen LogP contribution >= 0.6 is 0 Å². The molecule has 0 aliphatic heterocycles. The summed E-state index contributed by atoms with van der Waals surface area (Å²) in [4.78, 5) is 52.6. The maximum atomic E-state index is 13.8. The van der Waals surface area contributed by atoms with Crippen molar-refractivity contribution >= 4 is 39.3 Å². The van der Waals surface area contributed by atoms with Gasteiger partial charge in [-0.05, 0) is 67.6 Å². The van der Waals surface area contributed by atoms with Crippen LogP contribution in [0.15, 0.2) is 72.8 Å². The minimum atomic E-state index is -3.74. The number of hydrogen-bond acceptors (Lipinski definition) is 8. The van der Waals surface area contributed by atoms with Crippen LogP contribution in [-0.4, -0.2) is 81.7 Å². The van der Waals surface area contributed by atoms with Crippen molar-refractivity contribution in [3.05, 3.63) is 95.1 Å². The number of benzene rings is 3. The summed E-state index contributed by atoms with van der Waals surface area (Å²) in [5.74, 6) is -1.86. The van der Waals surface area contributed by atoms with E-state index in [9.17, 15) is 32.7 Å². The maximum absolute atomic E-state index is 13.8. The van der Waals surface area contributed by atoms with E-state index in [0.29, 0.717) is 18.5 Å². The molecule has 50 heavy (non-hydrogen) atoms. The molecular weight excluding hydrogens is 660 g/mol. The topological polar surface area (TPSA) is 186 Å². The first-order valence-corrected chi connectivity index (χ1v) is 18.2. The van der Waals surface area contributed by atoms with Gasteiger partial charge in [0.25, 0.3) is 11.8 Å². The normalized spacial score (nSPS) is 13.1. The Morgan fingerprint density at radius 2 is 1.44 bits per heavy atom. The highest BCUT2D eigenvalue weighted by molar-refractivity contribution is 7.92. The number of sulfonamides is 1. The van der Waals surface area contributed by atoms with Gasteiger partial charge >= 0.3 is 0 Å². The molecule has 0 saturated carbocycles. The number of anilines is 1. The number of carbonyl (C=O) groups excluding carboxylic acids is 4. The van der Waals surface area contributed by atoms with E-state index in [2.05, 4.69) is 26.6 Å². The summed E-state index contributed by atoms with van der Waals surface area (Å²) < 4.78 is 25.8. The van der Waals surface area contributed by atoms with E-state index in [1.165, 1.54) is 37.4 Å². The molecule has 0 unspecified atom stereocenters. The minimum absolute atomic E-state index is 0.0428. The number of phenolic OH excluding ortho intramolecular Hbond substituents is 1.